The number of hydrogen-bond donors (Lipinski definition) is 1. The molecule has 0 saturated heterocycles. The van der Waals surface area contributed by atoms with E-state index < -0.39 is 9.84 Å². The summed E-state index contributed by atoms with van der Waals surface area (Å²) in [6, 6.07) is 6.05. The second kappa shape index (κ2) is 7.41. The van der Waals surface area contributed by atoms with Gasteiger partial charge in [-0.2, -0.15) is 0 Å². The molecule has 3 nitrogen and oxygen atoms in total. The summed E-state index contributed by atoms with van der Waals surface area (Å²) in [6.07, 6.45) is 0. The molecule has 0 aliphatic heterocycles. The highest BCUT2D eigenvalue weighted by molar-refractivity contribution is 7.92. The first kappa shape index (κ1) is 18.2. The Morgan fingerprint density at radius 2 is 1.71 bits per heavy atom. The molecular formula is C17H29NO2S. The van der Waals surface area contributed by atoms with Crippen molar-refractivity contribution >= 4 is 9.84 Å². The molecule has 1 aromatic carbocycles. The highest BCUT2D eigenvalue weighted by atomic mass is 32.2. The van der Waals surface area contributed by atoms with Crippen molar-refractivity contribution in [3.05, 3.63) is 34.9 Å². The van der Waals surface area contributed by atoms with Gasteiger partial charge in [0.05, 0.1) is 11.0 Å². The Hall–Kier alpha value is -0.870. The predicted molar refractivity (Wildman–Crippen MR) is 90.4 cm³/mol. The standard InChI is InChI=1S/C17H29NO2S/c1-7-18-17(11-21(19,20)15(6)12(2)3)16-9-8-13(4)14(5)10-16/h8-10,12,15,17-18H,7,11H2,1-6H3. The van der Waals surface area contributed by atoms with Crippen molar-refractivity contribution < 1.29 is 8.42 Å². The van der Waals surface area contributed by atoms with E-state index in [-0.39, 0.29) is 23.0 Å². The van der Waals surface area contributed by atoms with Gasteiger partial charge in [-0.25, -0.2) is 8.42 Å². The van der Waals surface area contributed by atoms with Crippen LogP contribution < -0.4 is 5.32 Å². The second-order valence-corrected chi connectivity index (χ2v) is 8.64. The van der Waals surface area contributed by atoms with Gasteiger partial charge in [-0.05, 0) is 49.9 Å². The van der Waals surface area contributed by atoms with E-state index in [1.165, 1.54) is 11.1 Å². The van der Waals surface area contributed by atoms with Crippen LogP contribution in [0, 0.1) is 19.8 Å². The van der Waals surface area contributed by atoms with Crippen LogP contribution in [0.15, 0.2) is 18.2 Å². The summed E-state index contributed by atoms with van der Waals surface area (Å²) in [4.78, 5) is 0. The number of rotatable bonds is 7. The predicted octanol–water partition coefficient (Wildman–Crippen LogP) is 3.41. The van der Waals surface area contributed by atoms with E-state index in [0.29, 0.717) is 0 Å². The Balaban J connectivity index is 3.05. The zero-order chi connectivity index (χ0) is 16.2. The van der Waals surface area contributed by atoms with Crippen LogP contribution in [0.1, 0.15) is 50.4 Å². The lowest BCUT2D eigenvalue weighted by molar-refractivity contribution is 0.525. The Bertz CT molecular complexity index is 564. The third kappa shape index (κ3) is 4.82. The van der Waals surface area contributed by atoms with Crippen molar-refractivity contribution in [3.63, 3.8) is 0 Å². The molecule has 0 radical (unpaired) electrons. The Morgan fingerprint density at radius 3 is 2.19 bits per heavy atom. The van der Waals surface area contributed by atoms with Crippen LogP contribution in [0.5, 0.6) is 0 Å². The van der Waals surface area contributed by atoms with Gasteiger partial charge < -0.3 is 5.32 Å². The summed E-state index contributed by atoms with van der Waals surface area (Å²) in [5.41, 5.74) is 3.48. The van der Waals surface area contributed by atoms with Crippen LogP contribution in [-0.4, -0.2) is 26.0 Å². The minimum atomic E-state index is -3.11. The van der Waals surface area contributed by atoms with Crippen molar-refractivity contribution in [2.45, 2.75) is 52.8 Å². The molecule has 2 atom stereocenters. The molecule has 0 saturated carbocycles. The quantitative estimate of drug-likeness (QED) is 0.839. The maximum absolute atomic E-state index is 12.5. The van der Waals surface area contributed by atoms with Crippen molar-refractivity contribution in [2.24, 2.45) is 5.92 Å². The number of sulfone groups is 1. The Labute approximate surface area is 130 Å². The average Bonchev–Trinajstić information content (AvgIpc) is 2.40. The van der Waals surface area contributed by atoms with E-state index in [1.807, 2.05) is 33.8 Å². The first-order valence-corrected chi connectivity index (χ1v) is 9.42. The SMILES string of the molecule is CCNC(CS(=O)(=O)C(C)C(C)C)c1ccc(C)c(C)c1. The van der Waals surface area contributed by atoms with Crippen molar-refractivity contribution in [3.8, 4) is 0 Å². The molecule has 1 aromatic rings. The number of hydrogen-bond acceptors (Lipinski definition) is 3. The Morgan fingerprint density at radius 1 is 1.10 bits per heavy atom. The zero-order valence-corrected chi connectivity index (χ0v) is 14.9. The molecule has 0 amide bonds. The maximum atomic E-state index is 12.5. The maximum Gasteiger partial charge on any atom is 0.155 e. The largest absolute Gasteiger partial charge is 0.309 e. The molecule has 1 N–H and O–H groups in total. The van der Waals surface area contributed by atoms with Gasteiger partial charge in [-0.1, -0.05) is 39.0 Å². The molecule has 1 rings (SSSR count). The fourth-order valence-corrected chi connectivity index (χ4v) is 4.21. The average molecular weight is 311 g/mol. The number of aryl methyl sites for hydroxylation is 2. The molecule has 4 heteroatoms. The molecule has 0 aliphatic carbocycles. The molecule has 0 aromatic heterocycles. The van der Waals surface area contributed by atoms with E-state index in [2.05, 4.69) is 31.3 Å². The summed E-state index contributed by atoms with van der Waals surface area (Å²) in [6.45, 7) is 12.6. The fraction of sp³-hybridized carbons (Fsp3) is 0.647. The fourth-order valence-electron chi connectivity index (χ4n) is 2.30. The summed E-state index contributed by atoms with van der Waals surface area (Å²) in [5, 5.41) is 3.00. The van der Waals surface area contributed by atoms with Gasteiger partial charge in [-0.3, -0.25) is 0 Å². The highest BCUT2D eigenvalue weighted by Gasteiger charge is 2.28. The zero-order valence-electron chi connectivity index (χ0n) is 14.1. The van der Waals surface area contributed by atoms with E-state index in [4.69, 9.17) is 0 Å². The van der Waals surface area contributed by atoms with Crippen LogP contribution >= 0.6 is 0 Å². The summed E-state index contributed by atoms with van der Waals surface area (Å²) in [5.74, 6) is 0.292. The minimum absolute atomic E-state index is 0.136. The number of benzene rings is 1. The minimum Gasteiger partial charge on any atom is -0.309 e. The molecule has 0 fully saturated rings. The van der Waals surface area contributed by atoms with Crippen LogP contribution in [0.3, 0.4) is 0 Å². The van der Waals surface area contributed by atoms with Gasteiger partial charge in [-0.15, -0.1) is 0 Å². The highest BCUT2D eigenvalue weighted by Crippen LogP contribution is 2.22. The first-order valence-electron chi connectivity index (χ1n) is 7.71. The molecule has 2 unspecified atom stereocenters. The lowest BCUT2D eigenvalue weighted by atomic mass is 10.0. The van der Waals surface area contributed by atoms with E-state index in [0.717, 1.165) is 12.1 Å². The van der Waals surface area contributed by atoms with Gasteiger partial charge in [0.15, 0.2) is 9.84 Å². The van der Waals surface area contributed by atoms with Gasteiger partial charge in [0.2, 0.25) is 0 Å². The first-order chi connectivity index (χ1) is 9.69. The molecular weight excluding hydrogens is 282 g/mol. The number of nitrogens with one attached hydrogen (secondary N) is 1. The third-order valence-corrected chi connectivity index (χ3v) is 6.76. The van der Waals surface area contributed by atoms with Crippen molar-refractivity contribution in [1.82, 2.24) is 5.32 Å². The summed E-state index contributed by atoms with van der Waals surface area (Å²) in [7, 11) is -3.11. The third-order valence-electron chi connectivity index (χ3n) is 4.29. The smallest absolute Gasteiger partial charge is 0.155 e. The molecule has 21 heavy (non-hydrogen) atoms. The van der Waals surface area contributed by atoms with Gasteiger partial charge >= 0.3 is 0 Å². The lowest BCUT2D eigenvalue weighted by Crippen LogP contribution is -2.34. The van der Waals surface area contributed by atoms with Crippen LogP contribution in [-0.2, 0) is 9.84 Å². The van der Waals surface area contributed by atoms with Gasteiger partial charge in [0, 0.05) is 6.04 Å². The Kier molecular flexibility index (Phi) is 6.41. The van der Waals surface area contributed by atoms with E-state index in [1.54, 1.807) is 0 Å². The van der Waals surface area contributed by atoms with Crippen molar-refractivity contribution in [1.29, 1.82) is 0 Å². The van der Waals surface area contributed by atoms with Crippen LogP contribution in [0.4, 0.5) is 0 Å². The summed E-state index contributed by atoms with van der Waals surface area (Å²) >= 11 is 0. The van der Waals surface area contributed by atoms with Crippen molar-refractivity contribution in [2.75, 3.05) is 12.3 Å². The lowest BCUT2D eigenvalue weighted by Gasteiger charge is -2.23. The normalized spacial score (nSPS) is 15.2. The molecule has 120 valence electrons. The monoisotopic (exact) mass is 311 g/mol. The van der Waals surface area contributed by atoms with Crippen LogP contribution in [0.25, 0.3) is 0 Å². The van der Waals surface area contributed by atoms with Gasteiger partial charge in [0.25, 0.3) is 0 Å². The molecule has 0 aliphatic rings. The summed E-state index contributed by atoms with van der Waals surface area (Å²) < 4.78 is 25.1. The molecule has 0 heterocycles. The molecule has 0 bridgehead atoms. The van der Waals surface area contributed by atoms with E-state index >= 15 is 0 Å². The van der Waals surface area contributed by atoms with Gasteiger partial charge in [0.1, 0.15) is 0 Å². The topological polar surface area (TPSA) is 46.2 Å². The second-order valence-electron chi connectivity index (χ2n) is 6.23. The van der Waals surface area contributed by atoms with E-state index in [9.17, 15) is 8.42 Å². The van der Waals surface area contributed by atoms with Crippen LogP contribution in [0.2, 0.25) is 0 Å². The molecule has 0 spiro atoms.